The van der Waals surface area contributed by atoms with Gasteiger partial charge in [-0.3, -0.25) is 4.18 Å². The molecule has 0 bridgehead atoms. The highest BCUT2D eigenvalue weighted by atomic mass is 35.5. The highest BCUT2D eigenvalue weighted by Gasteiger charge is 2.17. The van der Waals surface area contributed by atoms with Gasteiger partial charge < -0.3 is 9.57 Å². The van der Waals surface area contributed by atoms with Crippen LogP contribution >= 0.6 is 11.6 Å². The van der Waals surface area contributed by atoms with E-state index >= 15 is 0 Å². The number of hydrogen-bond donors (Lipinski definition) is 0. The van der Waals surface area contributed by atoms with Crippen molar-refractivity contribution in [3.05, 3.63) is 23.0 Å². The van der Waals surface area contributed by atoms with E-state index in [-0.39, 0.29) is 12.3 Å². The lowest BCUT2D eigenvalue weighted by molar-refractivity contribution is 0.0504. The Morgan fingerprint density at radius 1 is 1.08 bits per heavy atom. The fourth-order valence-electron chi connectivity index (χ4n) is 2.24. The Morgan fingerprint density at radius 3 is 2.20 bits per heavy atom. The summed E-state index contributed by atoms with van der Waals surface area (Å²) in [4.78, 5) is 17.1. The molecule has 0 saturated heterocycles. The van der Waals surface area contributed by atoms with E-state index in [1.165, 1.54) is 11.8 Å². The molecule has 1 aromatic heterocycles. The average molecular weight is 396 g/mol. The standard InChI is InChI=1S/C16H26ClNO6S/c1-22-16(19)15-14(17)10-11-18(15)23-12-8-6-4-3-5-7-9-13-24-25(2,20)21/h10-11H,3-9,12-13H2,1-2H3. The van der Waals surface area contributed by atoms with Crippen LogP contribution in [0.3, 0.4) is 0 Å². The van der Waals surface area contributed by atoms with Gasteiger partial charge in [0.05, 0.1) is 25.0 Å². The zero-order valence-electron chi connectivity index (χ0n) is 14.7. The van der Waals surface area contributed by atoms with Crippen molar-refractivity contribution in [2.75, 3.05) is 26.6 Å². The largest absolute Gasteiger partial charge is 0.464 e. The first kappa shape index (κ1) is 21.8. The lowest BCUT2D eigenvalue weighted by Crippen LogP contribution is -2.18. The molecule has 0 atom stereocenters. The van der Waals surface area contributed by atoms with Crippen LogP contribution in [0.1, 0.15) is 55.4 Å². The number of carbonyl (C=O) groups excluding carboxylic acids is 1. The quantitative estimate of drug-likeness (QED) is 0.290. The first-order valence-electron chi connectivity index (χ1n) is 8.28. The van der Waals surface area contributed by atoms with Gasteiger partial charge in [0.2, 0.25) is 0 Å². The fourth-order valence-corrected chi connectivity index (χ4v) is 2.88. The number of hydrogen-bond acceptors (Lipinski definition) is 6. The molecule has 1 aromatic rings. The van der Waals surface area contributed by atoms with Crippen LogP contribution < -0.4 is 4.84 Å². The Hall–Kier alpha value is -1.25. The van der Waals surface area contributed by atoms with Crippen molar-refractivity contribution in [1.29, 1.82) is 0 Å². The zero-order valence-corrected chi connectivity index (χ0v) is 16.3. The van der Waals surface area contributed by atoms with Crippen molar-refractivity contribution in [2.24, 2.45) is 0 Å². The molecule has 1 heterocycles. The van der Waals surface area contributed by atoms with Gasteiger partial charge >= 0.3 is 5.97 Å². The van der Waals surface area contributed by atoms with E-state index in [0.717, 1.165) is 51.2 Å². The van der Waals surface area contributed by atoms with E-state index in [2.05, 4.69) is 8.92 Å². The number of methoxy groups -OCH3 is 1. The van der Waals surface area contributed by atoms with E-state index < -0.39 is 16.1 Å². The number of unbranched alkanes of at least 4 members (excludes halogenated alkanes) is 6. The first-order valence-corrected chi connectivity index (χ1v) is 10.5. The smallest absolute Gasteiger partial charge is 0.359 e. The second-order valence-corrected chi connectivity index (χ2v) is 7.72. The molecule has 0 N–H and O–H groups in total. The average Bonchev–Trinajstić information content (AvgIpc) is 2.91. The molecule has 0 aliphatic rings. The van der Waals surface area contributed by atoms with Gasteiger partial charge in [-0.2, -0.15) is 13.1 Å². The Balaban J connectivity index is 2.05. The molecule has 144 valence electrons. The summed E-state index contributed by atoms with van der Waals surface area (Å²) in [7, 11) is -2.02. The summed E-state index contributed by atoms with van der Waals surface area (Å²) in [6.45, 7) is 0.742. The van der Waals surface area contributed by atoms with E-state index in [9.17, 15) is 13.2 Å². The molecule has 0 unspecified atom stereocenters. The molecule has 9 heteroatoms. The lowest BCUT2D eigenvalue weighted by atomic mass is 10.1. The summed E-state index contributed by atoms with van der Waals surface area (Å²) >= 11 is 5.93. The highest BCUT2D eigenvalue weighted by Crippen LogP contribution is 2.17. The Kier molecular flexibility index (Phi) is 9.92. The monoisotopic (exact) mass is 395 g/mol. The molecule has 7 nitrogen and oxygen atoms in total. The van der Waals surface area contributed by atoms with Gasteiger partial charge in [0.15, 0.2) is 5.69 Å². The van der Waals surface area contributed by atoms with Crippen LogP contribution in [0.25, 0.3) is 0 Å². The topological polar surface area (TPSA) is 83.8 Å². The summed E-state index contributed by atoms with van der Waals surface area (Å²) in [5.41, 5.74) is 0.195. The maximum absolute atomic E-state index is 11.6. The number of rotatable bonds is 13. The minimum Gasteiger partial charge on any atom is -0.464 e. The SMILES string of the molecule is COC(=O)c1c(Cl)ccn1OCCCCCCCCCOS(C)(=O)=O. The Morgan fingerprint density at radius 2 is 1.64 bits per heavy atom. The van der Waals surface area contributed by atoms with E-state index in [1.807, 2.05) is 0 Å². The number of aromatic nitrogens is 1. The predicted molar refractivity (Wildman–Crippen MR) is 95.3 cm³/mol. The van der Waals surface area contributed by atoms with Gasteiger partial charge in [0.25, 0.3) is 10.1 Å². The zero-order chi connectivity index (χ0) is 18.7. The van der Waals surface area contributed by atoms with Gasteiger partial charge in [0.1, 0.15) is 6.61 Å². The highest BCUT2D eigenvalue weighted by molar-refractivity contribution is 7.85. The maximum Gasteiger partial charge on any atom is 0.359 e. The van der Waals surface area contributed by atoms with Gasteiger partial charge in [-0.05, 0) is 25.3 Å². The number of carbonyl (C=O) groups is 1. The summed E-state index contributed by atoms with van der Waals surface area (Å²) in [5.74, 6) is -0.533. The third-order valence-corrected chi connectivity index (χ3v) is 4.40. The van der Waals surface area contributed by atoms with E-state index in [1.54, 1.807) is 12.3 Å². The molecular weight excluding hydrogens is 370 g/mol. The van der Waals surface area contributed by atoms with Crippen LogP contribution in [0.2, 0.25) is 5.02 Å². The Labute approximate surface area is 154 Å². The molecular formula is C16H26ClNO6S. The lowest BCUT2D eigenvalue weighted by Gasteiger charge is -2.10. The molecule has 0 fully saturated rings. The van der Waals surface area contributed by atoms with E-state index in [0.29, 0.717) is 11.6 Å². The second-order valence-electron chi connectivity index (χ2n) is 5.66. The van der Waals surface area contributed by atoms with Crippen LogP contribution in [-0.2, 0) is 19.0 Å². The number of ether oxygens (including phenoxy) is 1. The molecule has 1 rings (SSSR count). The molecule has 0 aromatic carbocycles. The van der Waals surface area contributed by atoms with Gasteiger partial charge in [-0.1, -0.05) is 37.3 Å². The minimum absolute atomic E-state index is 0.195. The first-order chi connectivity index (χ1) is 11.8. The summed E-state index contributed by atoms with van der Waals surface area (Å²) in [6.07, 6.45) is 9.45. The van der Waals surface area contributed by atoms with Gasteiger partial charge in [-0.25, -0.2) is 4.79 Å². The third kappa shape index (κ3) is 9.13. The molecule has 0 spiro atoms. The van der Waals surface area contributed by atoms with Crippen LogP contribution in [0, 0.1) is 0 Å². The summed E-state index contributed by atoms with van der Waals surface area (Å²) < 4.78 is 32.2. The summed E-state index contributed by atoms with van der Waals surface area (Å²) in [5, 5.41) is 0.298. The molecule has 0 saturated carbocycles. The molecule has 0 amide bonds. The van der Waals surface area contributed by atoms with Crippen molar-refractivity contribution in [3.63, 3.8) is 0 Å². The van der Waals surface area contributed by atoms with E-state index in [4.69, 9.17) is 16.4 Å². The van der Waals surface area contributed by atoms with Gasteiger partial charge in [-0.15, -0.1) is 0 Å². The maximum atomic E-state index is 11.6. The van der Waals surface area contributed by atoms with Crippen molar-refractivity contribution in [2.45, 2.75) is 44.9 Å². The van der Waals surface area contributed by atoms with Gasteiger partial charge in [0, 0.05) is 6.20 Å². The van der Waals surface area contributed by atoms with Crippen LogP contribution in [-0.4, -0.2) is 45.7 Å². The second kappa shape index (κ2) is 11.4. The predicted octanol–water partition coefficient (Wildman–Crippen LogP) is 3.06. The van der Waals surface area contributed by atoms with Crippen LogP contribution in [0.4, 0.5) is 0 Å². The van der Waals surface area contributed by atoms with Crippen LogP contribution in [0.15, 0.2) is 12.3 Å². The summed E-state index contributed by atoms with van der Waals surface area (Å²) in [6, 6.07) is 1.58. The minimum atomic E-state index is -3.32. The molecule has 0 radical (unpaired) electrons. The Bertz CT molecular complexity index is 629. The van der Waals surface area contributed by atoms with Crippen LogP contribution in [0.5, 0.6) is 0 Å². The van der Waals surface area contributed by atoms with Crippen molar-refractivity contribution < 1.29 is 27.0 Å². The fraction of sp³-hybridized carbons (Fsp3) is 0.688. The number of nitrogens with zero attached hydrogens (tertiary/aromatic N) is 1. The molecule has 0 aliphatic heterocycles. The van der Waals surface area contributed by atoms with Crippen molar-refractivity contribution in [1.82, 2.24) is 4.73 Å². The third-order valence-electron chi connectivity index (χ3n) is 3.50. The molecule has 0 aliphatic carbocycles. The molecule has 25 heavy (non-hydrogen) atoms. The number of esters is 1. The van der Waals surface area contributed by atoms with Crippen molar-refractivity contribution >= 4 is 27.7 Å². The normalized spacial score (nSPS) is 11.5. The number of halogens is 1. The van der Waals surface area contributed by atoms with Crippen molar-refractivity contribution in [3.8, 4) is 0 Å².